The second-order valence-corrected chi connectivity index (χ2v) is 7.04. The summed E-state index contributed by atoms with van der Waals surface area (Å²) in [7, 11) is 0. The molecule has 2 aromatic rings. The molecule has 2 aromatic heterocycles. The molecule has 28 heavy (non-hydrogen) atoms. The van der Waals surface area contributed by atoms with Gasteiger partial charge in [0.15, 0.2) is 5.82 Å². The van der Waals surface area contributed by atoms with Crippen LogP contribution >= 0.6 is 0 Å². The van der Waals surface area contributed by atoms with Crippen molar-refractivity contribution in [1.82, 2.24) is 14.6 Å². The van der Waals surface area contributed by atoms with E-state index in [0.29, 0.717) is 17.8 Å². The van der Waals surface area contributed by atoms with Gasteiger partial charge in [-0.1, -0.05) is 19.8 Å². The summed E-state index contributed by atoms with van der Waals surface area (Å²) in [4.78, 5) is 16.1. The molecule has 4 N–H and O–H groups in total. The quantitative estimate of drug-likeness (QED) is 0.511. The van der Waals surface area contributed by atoms with Crippen LogP contribution in [-0.4, -0.2) is 67.0 Å². The average Bonchev–Trinajstić information content (AvgIpc) is 3.19. The molecule has 0 aromatic carbocycles. The molecule has 0 spiro atoms. The van der Waals surface area contributed by atoms with Gasteiger partial charge in [-0.25, -0.2) is 14.3 Å². The number of carbonyl (C=O) groups is 1. The molecule has 0 aliphatic carbocycles. The van der Waals surface area contributed by atoms with Gasteiger partial charge in [0, 0.05) is 0 Å². The molecular weight excluding hydrogens is 368 g/mol. The van der Waals surface area contributed by atoms with Crippen LogP contribution in [0.5, 0.6) is 0 Å². The number of unbranched alkanes of at least 4 members (excludes halogenated alkanes) is 2. The standard InChI is InChI=1S/C18H26N4O6/c1-3-4-5-8-27-17(25)21-16-12-7-6-11(22(12)20-10-19-16)15-18(2,26)14(24)13(9-23)28-15/h6-7,10,13-15,23-24,26H,3-5,8-9H2,1-2H3,(H,19,20,21,25)/t13-,14-,15+,18-/m1/s1. The second-order valence-electron chi connectivity index (χ2n) is 7.04. The number of aliphatic hydroxyl groups is 3. The van der Waals surface area contributed by atoms with E-state index in [1.165, 1.54) is 17.8 Å². The Morgan fingerprint density at radius 2 is 2.21 bits per heavy atom. The second kappa shape index (κ2) is 8.39. The molecule has 3 rings (SSSR count). The van der Waals surface area contributed by atoms with Gasteiger partial charge in [0.1, 0.15) is 35.8 Å². The smallest absolute Gasteiger partial charge is 0.412 e. The number of aliphatic hydroxyl groups excluding tert-OH is 2. The Kier molecular flexibility index (Phi) is 6.14. The Hall–Kier alpha value is -2.27. The maximum absolute atomic E-state index is 12.0. The fourth-order valence-corrected chi connectivity index (χ4v) is 3.33. The third-order valence-corrected chi connectivity index (χ3v) is 4.92. The number of rotatable bonds is 7. The Labute approximate surface area is 162 Å². The van der Waals surface area contributed by atoms with Crippen LogP contribution in [0, 0.1) is 0 Å². The van der Waals surface area contributed by atoms with Gasteiger partial charge in [-0.2, -0.15) is 5.10 Å². The zero-order chi connectivity index (χ0) is 20.3. The van der Waals surface area contributed by atoms with Gasteiger partial charge in [-0.15, -0.1) is 0 Å². The van der Waals surface area contributed by atoms with Crippen molar-refractivity contribution in [1.29, 1.82) is 0 Å². The van der Waals surface area contributed by atoms with E-state index in [4.69, 9.17) is 9.47 Å². The van der Waals surface area contributed by atoms with Gasteiger partial charge >= 0.3 is 6.09 Å². The Morgan fingerprint density at radius 3 is 2.89 bits per heavy atom. The summed E-state index contributed by atoms with van der Waals surface area (Å²) in [5, 5.41) is 37.0. The van der Waals surface area contributed by atoms with E-state index >= 15 is 0 Å². The molecule has 4 atom stereocenters. The summed E-state index contributed by atoms with van der Waals surface area (Å²) in [6, 6.07) is 3.33. The zero-order valence-electron chi connectivity index (χ0n) is 15.9. The molecule has 0 unspecified atom stereocenters. The monoisotopic (exact) mass is 394 g/mol. The first kappa shape index (κ1) is 20.5. The lowest BCUT2D eigenvalue weighted by molar-refractivity contribution is -0.0664. The summed E-state index contributed by atoms with van der Waals surface area (Å²) >= 11 is 0. The fraction of sp³-hybridized carbons (Fsp3) is 0.611. The molecule has 10 heteroatoms. The maximum Gasteiger partial charge on any atom is 0.412 e. The zero-order valence-corrected chi connectivity index (χ0v) is 15.9. The Balaban J connectivity index is 1.81. The van der Waals surface area contributed by atoms with Crippen molar-refractivity contribution in [3.05, 3.63) is 24.2 Å². The van der Waals surface area contributed by atoms with Crippen molar-refractivity contribution in [3.63, 3.8) is 0 Å². The van der Waals surface area contributed by atoms with E-state index in [9.17, 15) is 20.1 Å². The first-order chi connectivity index (χ1) is 13.4. The SMILES string of the molecule is CCCCCOC(=O)Nc1ncnn2c([C@@H]3O[C@H](CO)[C@@H](O)[C@@]3(C)O)ccc12. The molecule has 0 radical (unpaired) electrons. The molecule has 1 aliphatic rings. The molecular formula is C18H26N4O6. The van der Waals surface area contributed by atoms with Crippen molar-refractivity contribution >= 4 is 17.4 Å². The number of nitrogens with zero attached hydrogens (tertiary/aromatic N) is 3. The highest BCUT2D eigenvalue weighted by Gasteiger charge is 2.53. The molecule has 1 aliphatic heterocycles. The molecule has 1 saturated heterocycles. The van der Waals surface area contributed by atoms with E-state index in [1.807, 2.05) is 0 Å². The fourth-order valence-electron chi connectivity index (χ4n) is 3.33. The molecule has 154 valence electrons. The first-order valence-electron chi connectivity index (χ1n) is 9.33. The third kappa shape index (κ3) is 3.81. The van der Waals surface area contributed by atoms with Crippen molar-refractivity contribution < 1.29 is 29.6 Å². The number of nitrogens with one attached hydrogen (secondary N) is 1. The lowest BCUT2D eigenvalue weighted by Gasteiger charge is -2.26. The van der Waals surface area contributed by atoms with E-state index in [1.54, 1.807) is 12.1 Å². The van der Waals surface area contributed by atoms with E-state index < -0.39 is 36.6 Å². The van der Waals surface area contributed by atoms with Crippen molar-refractivity contribution in [2.24, 2.45) is 0 Å². The molecule has 0 bridgehead atoms. The molecule has 0 saturated carbocycles. The van der Waals surface area contributed by atoms with Gasteiger partial charge in [-0.05, 0) is 25.5 Å². The predicted octanol–water partition coefficient (Wildman–Crippen LogP) is 1.01. The maximum atomic E-state index is 12.0. The number of hydrogen-bond donors (Lipinski definition) is 4. The van der Waals surface area contributed by atoms with Crippen molar-refractivity contribution in [2.45, 2.75) is 57.0 Å². The number of fused-ring (bicyclic) bond motifs is 1. The summed E-state index contributed by atoms with van der Waals surface area (Å²) in [6.07, 6.45) is 0.352. The van der Waals surface area contributed by atoms with Crippen LogP contribution in [-0.2, 0) is 9.47 Å². The van der Waals surface area contributed by atoms with E-state index in [-0.39, 0.29) is 5.82 Å². The largest absolute Gasteiger partial charge is 0.449 e. The topological polar surface area (TPSA) is 138 Å². The molecule has 1 fully saturated rings. The first-order valence-corrected chi connectivity index (χ1v) is 9.33. The number of anilines is 1. The Morgan fingerprint density at radius 1 is 1.43 bits per heavy atom. The van der Waals surface area contributed by atoms with E-state index in [2.05, 4.69) is 22.3 Å². The number of ether oxygens (including phenoxy) is 2. The highest BCUT2D eigenvalue weighted by atomic mass is 16.6. The van der Waals surface area contributed by atoms with Gasteiger partial charge in [0.05, 0.1) is 18.9 Å². The van der Waals surface area contributed by atoms with Crippen molar-refractivity contribution in [3.8, 4) is 0 Å². The minimum Gasteiger partial charge on any atom is -0.449 e. The molecule has 3 heterocycles. The summed E-state index contributed by atoms with van der Waals surface area (Å²) in [5.41, 5.74) is -0.695. The van der Waals surface area contributed by atoms with Gasteiger partial charge in [0.2, 0.25) is 0 Å². The van der Waals surface area contributed by atoms with Crippen LogP contribution in [0.1, 0.15) is 44.9 Å². The lowest BCUT2D eigenvalue weighted by Crippen LogP contribution is -2.43. The highest BCUT2D eigenvalue weighted by molar-refractivity contribution is 5.88. The van der Waals surface area contributed by atoms with Crippen LogP contribution < -0.4 is 5.32 Å². The number of carbonyl (C=O) groups excluding carboxylic acids is 1. The van der Waals surface area contributed by atoms with Crippen LogP contribution in [0.25, 0.3) is 5.52 Å². The number of hydrogen-bond acceptors (Lipinski definition) is 8. The minimum absolute atomic E-state index is 0.249. The van der Waals surface area contributed by atoms with Crippen LogP contribution in [0.4, 0.5) is 10.6 Å². The lowest BCUT2D eigenvalue weighted by atomic mass is 9.91. The normalized spacial score (nSPS) is 27.2. The molecule has 10 nitrogen and oxygen atoms in total. The summed E-state index contributed by atoms with van der Waals surface area (Å²) in [5.74, 6) is 0.249. The number of aromatic nitrogens is 3. The van der Waals surface area contributed by atoms with Crippen LogP contribution in [0.15, 0.2) is 18.5 Å². The average molecular weight is 394 g/mol. The summed E-state index contributed by atoms with van der Waals surface area (Å²) in [6.45, 7) is 3.40. The van der Waals surface area contributed by atoms with Crippen LogP contribution in [0.2, 0.25) is 0 Å². The highest BCUT2D eigenvalue weighted by Crippen LogP contribution is 2.41. The van der Waals surface area contributed by atoms with Gasteiger partial charge < -0.3 is 24.8 Å². The Bertz CT molecular complexity index is 824. The van der Waals surface area contributed by atoms with Crippen LogP contribution in [0.3, 0.4) is 0 Å². The van der Waals surface area contributed by atoms with E-state index in [0.717, 1.165) is 19.3 Å². The van der Waals surface area contributed by atoms with Gasteiger partial charge in [0.25, 0.3) is 0 Å². The third-order valence-electron chi connectivity index (χ3n) is 4.92. The summed E-state index contributed by atoms with van der Waals surface area (Å²) < 4.78 is 12.2. The van der Waals surface area contributed by atoms with Crippen molar-refractivity contribution in [2.75, 3.05) is 18.5 Å². The number of amides is 1. The molecule has 1 amide bonds. The minimum atomic E-state index is -1.63. The van der Waals surface area contributed by atoms with Gasteiger partial charge in [-0.3, -0.25) is 5.32 Å². The predicted molar refractivity (Wildman–Crippen MR) is 98.8 cm³/mol.